The van der Waals surface area contributed by atoms with Crippen molar-refractivity contribution in [1.29, 1.82) is 0 Å². The lowest BCUT2D eigenvalue weighted by molar-refractivity contribution is -0.143. The molecule has 2 N–H and O–H groups in total. The van der Waals surface area contributed by atoms with E-state index in [1.165, 1.54) is 11.8 Å². The largest absolute Gasteiger partial charge is 0.480 e. The zero-order valence-electron chi connectivity index (χ0n) is 11.0. The lowest BCUT2D eigenvalue weighted by Crippen LogP contribution is -2.45. The third-order valence-electron chi connectivity index (χ3n) is 2.82. The number of pyridine rings is 1. The van der Waals surface area contributed by atoms with Crippen LogP contribution in [0, 0.1) is 5.92 Å². The smallest absolute Gasteiger partial charge is 0.326 e. The highest BCUT2D eigenvalue weighted by molar-refractivity contribution is 8.00. The van der Waals surface area contributed by atoms with E-state index < -0.39 is 12.0 Å². The SMILES string of the molecule is CCC(C)C(NC(=O)CSc1ccncc1)C(=O)O. The van der Waals surface area contributed by atoms with Crippen LogP contribution >= 0.6 is 11.8 Å². The Kier molecular flexibility index (Phi) is 6.35. The topological polar surface area (TPSA) is 79.3 Å². The molecule has 1 aromatic rings. The average molecular weight is 282 g/mol. The lowest BCUT2D eigenvalue weighted by Gasteiger charge is -2.19. The highest BCUT2D eigenvalue weighted by Crippen LogP contribution is 2.16. The van der Waals surface area contributed by atoms with E-state index in [1.54, 1.807) is 24.5 Å². The number of carboxylic acids is 1. The van der Waals surface area contributed by atoms with Gasteiger partial charge in [-0.1, -0.05) is 20.3 Å². The fraction of sp³-hybridized carbons (Fsp3) is 0.462. The summed E-state index contributed by atoms with van der Waals surface area (Å²) in [4.78, 5) is 27.6. The minimum atomic E-state index is -0.989. The van der Waals surface area contributed by atoms with Gasteiger partial charge in [0.15, 0.2) is 0 Å². The Hall–Kier alpha value is -1.56. The predicted octanol–water partition coefficient (Wildman–Crippen LogP) is 1.79. The van der Waals surface area contributed by atoms with Crippen molar-refractivity contribution in [2.75, 3.05) is 5.75 Å². The maximum atomic E-state index is 11.7. The zero-order valence-corrected chi connectivity index (χ0v) is 11.8. The third-order valence-corrected chi connectivity index (χ3v) is 3.83. The highest BCUT2D eigenvalue weighted by Gasteiger charge is 2.24. The molecule has 19 heavy (non-hydrogen) atoms. The Morgan fingerprint density at radius 3 is 2.58 bits per heavy atom. The van der Waals surface area contributed by atoms with Gasteiger partial charge in [-0.05, 0) is 18.1 Å². The molecule has 104 valence electrons. The molecule has 1 heterocycles. The summed E-state index contributed by atoms with van der Waals surface area (Å²) in [5.41, 5.74) is 0. The summed E-state index contributed by atoms with van der Waals surface area (Å²) in [5, 5.41) is 11.6. The molecule has 0 aromatic carbocycles. The van der Waals surface area contributed by atoms with E-state index in [0.717, 1.165) is 4.90 Å². The van der Waals surface area contributed by atoms with Crippen LogP contribution in [0.1, 0.15) is 20.3 Å². The van der Waals surface area contributed by atoms with Crippen molar-refractivity contribution < 1.29 is 14.7 Å². The molecule has 6 heteroatoms. The molecule has 1 aromatic heterocycles. The van der Waals surface area contributed by atoms with E-state index in [-0.39, 0.29) is 17.6 Å². The predicted molar refractivity (Wildman–Crippen MR) is 74.0 cm³/mol. The molecule has 0 fully saturated rings. The van der Waals surface area contributed by atoms with Crippen LogP contribution in [0.15, 0.2) is 29.4 Å². The first-order valence-corrected chi connectivity index (χ1v) is 7.08. The van der Waals surface area contributed by atoms with E-state index >= 15 is 0 Å². The van der Waals surface area contributed by atoms with Crippen LogP contribution in [0.5, 0.6) is 0 Å². The minimum Gasteiger partial charge on any atom is -0.480 e. The Balaban J connectivity index is 2.47. The zero-order chi connectivity index (χ0) is 14.3. The molecular formula is C13H18N2O3S. The number of thioether (sulfide) groups is 1. The molecule has 0 spiro atoms. The van der Waals surface area contributed by atoms with E-state index in [2.05, 4.69) is 10.3 Å². The van der Waals surface area contributed by atoms with E-state index in [9.17, 15) is 9.59 Å². The van der Waals surface area contributed by atoms with Gasteiger partial charge in [0.1, 0.15) is 6.04 Å². The number of carbonyl (C=O) groups excluding carboxylic acids is 1. The maximum absolute atomic E-state index is 11.7. The summed E-state index contributed by atoms with van der Waals surface area (Å²) in [6.07, 6.45) is 4.01. The van der Waals surface area contributed by atoms with Crippen molar-refractivity contribution in [3.63, 3.8) is 0 Å². The average Bonchev–Trinajstić information content (AvgIpc) is 2.42. The van der Waals surface area contributed by atoms with Crippen LogP contribution in [0.3, 0.4) is 0 Å². The van der Waals surface area contributed by atoms with E-state index in [0.29, 0.717) is 6.42 Å². The Morgan fingerprint density at radius 2 is 2.05 bits per heavy atom. The van der Waals surface area contributed by atoms with E-state index in [4.69, 9.17) is 5.11 Å². The highest BCUT2D eigenvalue weighted by atomic mass is 32.2. The van der Waals surface area contributed by atoms with Gasteiger partial charge in [-0.3, -0.25) is 9.78 Å². The number of hydrogen-bond acceptors (Lipinski definition) is 4. The second-order valence-corrected chi connectivity index (χ2v) is 5.29. The number of carboxylic acid groups (broad SMARTS) is 1. The molecule has 0 bridgehead atoms. The van der Waals surface area contributed by atoms with Gasteiger partial charge in [0, 0.05) is 17.3 Å². The number of nitrogens with one attached hydrogen (secondary N) is 1. The van der Waals surface area contributed by atoms with E-state index in [1.807, 2.05) is 13.8 Å². The van der Waals surface area contributed by atoms with Gasteiger partial charge >= 0.3 is 5.97 Å². The van der Waals surface area contributed by atoms with Gasteiger partial charge in [0.05, 0.1) is 5.75 Å². The number of aliphatic carboxylic acids is 1. The fourth-order valence-electron chi connectivity index (χ4n) is 1.48. The van der Waals surface area contributed by atoms with Crippen molar-refractivity contribution in [2.24, 2.45) is 5.92 Å². The van der Waals surface area contributed by atoms with Gasteiger partial charge in [-0.25, -0.2) is 4.79 Å². The number of carbonyl (C=O) groups is 2. The Labute approximate surface area is 116 Å². The van der Waals surface area contributed by atoms with Gasteiger partial charge in [-0.2, -0.15) is 0 Å². The molecule has 0 aliphatic rings. The van der Waals surface area contributed by atoms with Gasteiger partial charge in [-0.15, -0.1) is 11.8 Å². The molecule has 2 atom stereocenters. The quantitative estimate of drug-likeness (QED) is 0.745. The number of nitrogens with zero attached hydrogens (tertiary/aromatic N) is 1. The van der Waals surface area contributed by atoms with Crippen molar-refractivity contribution >= 4 is 23.6 Å². The van der Waals surface area contributed by atoms with Crippen molar-refractivity contribution in [2.45, 2.75) is 31.2 Å². The molecule has 1 amide bonds. The number of rotatable bonds is 7. The van der Waals surface area contributed by atoms with Crippen LogP contribution in [-0.4, -0.2) is 33.8 Å². The first-order chi connectivity index (χ1) is 9.04. The molecular weight excluding hydrogens is 264 g/mol. The van der Waals surface area contributed by atoms with Crippen LogP contribution in [-0.2, 0) is 9.59 Å². The number of aromatic nitrogens is 1. The monoisotopic (exact) mass is 282 g/mol. The number of hydrogen-bond donors (Lipinski definition) is 2. The van der Waals surface area contributed by atoms with Gasteiger partial charge in [0.25, 0.3) is 0 Å². The Morgan fingerprint density at radius 1 is 1.42 bits per heavy atom. The Bertz CT molecular complexity index is 425. The summed E-state index contributed by atoms with van der Waals surface area (Å²) in [6, 6.07) is 2.79. The second-order valence-electron chi connectivity index (χ2n) is 4.24. The molecule has 0 aliphatic heterocycles. The second kappa shape index (κ2) is 7.78. The van der Waals surface area contributed by atoms with Crippen LogP contribution in [0.2, 0.25) is 0 Å². The number of amides is 1. The molecule has 0 saturated heterocycles. The molecule has 0 radical (unpaired) electrons. The van der Waals surface area contributed by atoms with Crippen molar-refractivity contribution in [3.05, 3.63) is 24.5 Å². The molecule has 5 nitrogen and oxygen atoms in total. The first-order valence-electron chi connectivity index (χ1n) is 6.09. The summed E-state index contributed by atoms with van der Waals surface area (Å²) in [7, 11) is 0. The third kappa shape index (κ3) is 5.30. The maximum Gasteiger partial charge on any atom is 0.326 e. The van der Waals surface area contributed by atoms with Gasteiger partial charge < -0.3 is 10.4 Å². The van der Waals surface area contributed by atoms with Crippen LogP contribution < -0.4 is 5.32 Å². The fourth-order valence-corrected chi connectivity index (χ4v) is 2.18. The van der Waals surface area contributed by atoms with Crippen molar-refractivity contribution in [1.82, 2.24) is 10.3 Å². The summed E-state index contributed by atoms with van der Waals surface area (Å²) >= 11 is 1.36. The summed E-state index contributed by atoms with van der Waals surface area (Å²) < 4.78 is 0. The van der Waals surface area contributed by atoms with Gasteiger partial charge in [0.2, 0.25) is 5.91 Å². The molecule has 0 saturated carbocycles. The summed E-state index contributed by atoms with van der Waals surface area (Å²) in [5.74, 6) is -1.15. The molecule has 0 aliphatic carbocycles. The summed E-state index contributed by atoms with van der Waals surface area (Å²) in [6.45, 7) is 3.72. The van der Waals surface area contributed by atoms with Crippen LogP contribution in [0.4, 0.5) is 0 Å². The van der Waals surface area contributed by atoms with Crippen LogP contribution in [0.25, 0.3) is 0 Å². The first kappa shape index (κ1) is 15.5. The normalized spacial score (nSPS) is 13.6. The minimum absolute atomic E-state index is 0.0904. The molecule has 2 unspecified atom stereocenters. The molecule has 1 rings (SSSR count). The standard InChI is InChI=1S/C13H18N2O3S/c1-3-9(2)12(13(17)18)15-11(16)8-19-10-4-6-14-7-5-10/h4-7,9,12H,3,8H2,1-2H3,(H,15,16)(H,17,18). The van der Waals surface area contributed by atoms with Crippen molar-refractivity contribution in [3.8, 4) is 0 Å². The lowest BCUT2D eigenvalue weighted by atomic mass is 9.99.